The number of hydrogen-bond acceptors (Lipinski definition) is 4. The molecule has 0 spiro atoms. The molecular weight excluding hydrogens is 318 g/mol. The number of nitrogens with one attached hydrogen (secondary N) is 1. The van der Waals surface area contributed by atoms with E-state index in [-0.39, 0.29) is 11.5 Å². The van der Waals surface area contributed by atoms with Crippen LogP contribution in [-0.2, 0) is 9.53 Å². The van der Waals surface area contributed by atoms with Crippen molar-refractivity contribution in [2.45, 2.75) is 13.0 Å². The number of para-hydroxylation sites is 1. The van der Waals surface area contributed by atoms with Crippen LogP contribution in [-0.4, -0.2) is 25.1 Å². The number of esters is 1. The first-order valence-corrected chi connectivity index (χ1v) is 7.29. The van der Waals surface area contributed by atoms with Crippen molar-refractivity contribution in [2.24, 2.45) is 0 Å². The number of carbonyl (C=O) groups excluding carboxylic acids is 2. The number of rotatable bonds is 5. The highest BCUT2D eigenvalue weighted by Crippen LogP contribution is 2.19. The molecule has 0 unspecified atom stereocenters. The van der Waals surface area contributed by atoms with Crippen LogP contribution in [0.25, 0.3) is 0 Å². The van der Waals surface area contributed by atoms with Crippen LogP contribution in [0.1, 0.15) is 17.3 Å². The molecule has 1 atom stereocenters. The van der Waals surface area contributed by atoms with Crippen molar-refractivity contribution in [3.8, 4) is 5.75 Å². The highest BCUT2D eigenvalue weighted by molar-refractivity contribution is 6.30. The lowest BCUT2D eigenvalue weighted by Gasteiger charge is -2.16. The molecule has 23 heavy (non-hydrogen) atoms. The van der Waals surface area contributed by atoms with Gasteiger partial charge in [0.1, 0.15) is 5.75 Å². The number of methoxy groups -OCH3 is 1. The molecule has 5 nitrogen and oxygen atoms in total. The first kappa shape index (κ1) is 16.8. The molecule has 2 rings (SSSR count). The molecule has 6 heteroatoms. The van der Waals surface area contributed by atoms with Crippen LogP contribution in [0.4, 0.5) is 5.69 Å². The molecule has 0 aromatic heterocycles. The Morgan fingerprint density at radius 2 is 1.74 bits per heavy atom. The van der Waals surface area contributed by atoms with Crippen molar-refractivity contribution in [3.05, 3.63) is 59.1 Å². The van der Waals surface area contributed by atoms with E-state index in [1.54, 1.807) is 55.5 Å². The molecular formula is C17H16ClNO4. The summed E-state index contributed by atoms with van der Waals surface area (Å²) in [6, 6.07) is 13.3. The van der Waals surface area contributed by atoms with E-state index < -0.39 is 12.1 Å². The highest BCUT2D eigenvalue weighted by atomic mass is 35.5. The molecule has 0 fully saturated rings. The lowest BCUT2D eigenvalue weighted by Crippen LogP contribution is -2.30. The van der Waals surface area contributed by atoms with Gasteiger partial charge in [0.15, 0.2) is 6.10 Å². The average Bonchev–Trinajstić information content (AvgIpc) is 2.56. The van der Waals surface area contributed by atoms with Crippen LogP contribution in [0, 0.1) is 0 Å². The van der Waals surface area contributed by atoms with E-state index in [2.05, 4.69) is 5.32 Å². The van der Waals surface area contributed by atoms with Crippen molar-refractivity contribution < 1.29 is 19.1 Å². The predicted molar refractivity (Wildman–Crippen MR) is 88.0 cm³/mol. The summed E-state index contributed by atoms with van der Waals surface area (Å²) in [6.45, 7) is 1.62. The second-order valence-corrected chi connectivity index (χ2v) is 5.18. The van der Waals surface area contributed by atoms with Gasteiger partial charge in [-0.15, -0.1) is 0 Å². The number of anilines is 1. The van der Waals surface area contributed by atoms with Crippen molar-refractivity contribution in [1.82, 2.24) is 0 Å². The Hall–Kier alpha value is -2.53. The summed E-state index contributed by atoms with van der Waals surface area (Å²) < 4.78 is 10.2. The van der Waals surface area contributed by atoms with E-state index >= 15 is 0 Å². The van der Waals surface area contributed by atoms with Gasteiger partial charge in [-0.2, -0.15) is 0 Å². The topological polar surface area (TPSA) is 64.6 Å². The zero-order chi connectivity index (χ0) is 16.8. The van der Waals surface area contributed by atoms with Crippen molar-refractivity contribution in [2.75, 3.05) is 12.4 Å². The third-order valence-corrected chi connectivity index (χ3v) is 3.34. The van der Waals surface area contributed by atoms with E-state index in [1.165, 1.54) is 7.11 Å². The second kappa shape index (κ2) is 7.65. The van der Waals surface area contributed by atoms with E-state index in [0.717, 1.165) is 0 Å². The Morgan fingerprint density at radius 1 is 1.09 bits per heavy atom. The molecule has 1 amide bonds. The van der Waals surface area contributed by atoms with Crippen LogP contribution in [0.2, 0.25) is 5.02 Å². The standard InChI is InChI=1S/C17H16ClNO4/c1-11(23-13-9-7-12(18)8-10-13)16(20)19-15-6-4-3-5-14(15)17(21)22-2/h3-11H,1-2H3,(H,19,20)/t11-/m1/s1. The van der Waals surface area contributed by atoms with Crippen molar-refractivity contribution in [3.63, 3.8) is 0 Å². The molecule has 0 aliphatic heterocycles. The van der Waals surface area contributed by atoms with Gasteiger partial charge in [0.2, 0.25) is 0 Å². The smallest absolute Gasteiger partial charge is 0.339 e. The number of ether oxygens (including phenoxy) is 2. The molecule has 0 radical (unpaired) electrons. The first-order chi connectivity index (χ1) is 11.0. The van der Waals surface area contributed by atoms with Gasteiger partial charge >= 0.3 is 5.97 Å². The molecule has 0 bridgehead atoms. The fourth-order valence-electron chi connectivity index (χ4n) is 1.89. The van der Waals surface area contributed by atoms with Gasteiger partial charge in [-0.05, 0) is 43.3 Å². The van der Waals surface area contributed by atoms with Gasteiger partial charge in [-0.25, -0.2) is 4.79 Å². The van der Waals surface area contributed by atoms with Gasteiger partial charge in [0, 0.05) is 5.02 Å². The third-order valence-electron chi connectivity index (χ3n) is 3.09. The molecule has 0 saturated carbocycles. The maximum absolute atomic E-state index is 12.2. The average molecular weight is 334 g/mol. The molecule has 0 saturated heterocycles. The summed E-state index contributed by atoms with van der Waals surface area (Å²) in [4.78, 5) is 23.9. The summed E-state index contributed by atoms with van der Waals surface area (Å²) in [5, 5.41) is 3.25. The Labute approximate surface area is 139 Å². The summed E-state index contributed by atoms with van der Waals surface area (Å²) >= 11 is 5.80. The summed E-state index contributed by atoms with van der Waals surface area (Å²) in [7, 11) is 1.28. The summed E-state index contributed by atoms with van der Waals surface area (Å²) in [5.74, 6) is -0.373. The SMILES string of the molecule is COC(=O)c1ccccc1NC(=O)[C@@H](C)Oc1ccc(Cl)cc1. The van der Waals surface area contributed by atoms with E-state index in [4.69, 9.17) is 21.1 Å². The summed E-state index contributed by atoms with van der Waals surface area (Å²) in [6.07, 6.45) is -0.748. The van der Waals surface area contributed by atoms with Crippen LogP contribution in [0.3, 0.4) is 0 Å². The van der Waals surface area contributed by atoms with Gasteiger partial charge in [-0.1, -0.05) is 23.7 Å². The number of amides is 1. The number of benzene rings is 2. The van der Waals surface area contributed by atoms with E-state index in [9.17, 15) is 9.59 Å². The van der Waals surface area contributed by atoms with Crippen LogP contribution < -0.4 is 10.1 Å². The van der Waals surface area contributed by atoms with E-state index in [0.29, 0.717) is 16.5 Å². The lowest BCUT2D eigenvalue weighted by molar-refractivity contribution is -0.122. The minimum absolute atomic E-state index is 0.280. The second-order valence-electron chi connectivity index (χ2n) is 4.74. The number of carbonyl (C=O) groups is 2. The Balaban J connectivity index is 2.06. The fourth-order valence-corrected chi connectivity index (χ4v) is 2.01. The summed E-state index contributed by atoms with van der Waals surface area (Å²) in [5.41, 5.74) is 0.651. The monoisotopic (exact) mass is 333 g/mol. The van der Waals surface area contributed by atoms with Crippen LogP contribution in [0.15, 0.2) is 48.5 Å². The Bertz CT molecular complexity index is 700. The number of hydrogen-bond donors (Lipinski definition) is 1. The maximum Gasteiger partial charge on any atom is 0.339 e. The minimum atomic E-state index is -0.748. The largest absolute Gasteiger partial charge is 0.481 e. The third kappa shape index (κ3) is 4.47. The maximum atomic E-state index is 12.2. The Kier molecular flexibility index (Phi) is 5.60. The lowest BCUT2D eigenvalue weighted by atomic mass is 10.1. The highest BCUT2D eigenvalue weighted by Gasteiger charge is 2.18. The molecule has 0 aliphatic rings. The molecule has 1 N–H and O–H groups in total. The molecule has 0 aliphatic carbocycles. The van der Waals surface area contributed by atoms with Gasteiger partial charge < -0.3 is 14.8 Å². The van der Waals surface area contributed by atoms with E-state index in [1.807, 2.05) is 0 Å². The van der Waals surface area contributed by atoms with Crippen LogP contribution >= 0.6 is 11.6 Å². The fraction of sp³-hybridized carbons (Fsp3) is 0.176. The normalized spacial score (nSPS) is 11.4. The zero-order valence-electron chi connectivity index (χ0n) is 12.7. The van der Waals surface area contributed by atoms with Gasteiger partial charge in [0.25, 0.3) is 5.91 Å². The molecule has 120 valence electrons. The minimum Gasteiger partial charge on any atom is -0.481 e. The van der Waals surface area contributed by atoms with Crippen molar-refractivity contribution >= 4 is 29.2 Å². The molecule has 2 aromatic rings. The van der Waals surface area contributed by atoms with Crippen molar-refractivity contribution in [1.29, 1.82) is 0 Å². The quantitative estimate of drug-likeness (QED) is 0.850. The van der Waals surface area contributed by atoms with Gasteiger partial charge in [-0.3, -0.25) is 4.79 Å². The zero-order valence-corrected chi connectivity index (χ0v) is 13.5. The molecule has 2 aromatic carbocycles. The molecule has 0 heterocycles. The first-order valence-electron chi connectivity index (χ1n) is 6.91. The predicted octanol–water partition coefficient (Wildman–Crippen LogP) is 3.53. The van der Waals surface area contributed by atoms with Crippen LogP contribution in [0.5, 0.6) is 5.75 Å². The Morgan fingerprint density at radius 3 is 2.39 bits per heavy atom. The number of halogens is 1. The van der Waals surface area contributed by atoms with Gasteiger partial charge in [0.05, 0.1) is 18.4 Å².